The lowest BCUT2D eigenvalue weighted by molar-refractivity contribution is -0.462. The number of rotatable bonds is 17. The highest BCUT2D eigenvalue weighted by atomic mass is 32.2. The maximum Gasteiger partial charge on any atom is 0.336 e. The molecule has 0 saturated carbocycles. The van der Waals surface area contributed by atoms with Crippen molar-refractivity contribution in [2.24, 2.45) is 5.92 Å². The van der Waals surface area contributed by atoms with Gasteiger partial charge < -0.3 is 45.3 Å². The number of aryl methyl sites for hydroxylation is 1. The number of anilines is 1. The Bertz CT molecular complexity index is 3510. The number of esters is 1. The molecule has 0 saturated heterocycles. The standard InChI is InChI=1S/C68H83N7O9SSi/c1-43-22-24-47(25-23-43)57-40-63(77)84-46(4)17-15-16-44(2)36-45(3)65(78)72-58(67(80)75(9)59(66(79)71-57)37-48-41-70-56-21-14-13-18-51(48)56)42-83-32-31-69-62(76)30-33-85-34-35-86(10)60-38-49(73(5)6)26-28-54(60)64(52-19-11-12-20-53(52)68(81)82)55-29-27-50(74(7)8)39-61(55)86/h11-14,16,18-29,38-39,41,45-46,57-59,70H,15,17,30-37,40,42H2,1-10H3,(H3-,69,71,72,76,78,79,81,82)/p+1/b44-16+/t45-,46-,57+,58-,59+/m0/s1. The second-order valence-electron chi connectivity index (χ2n) is 23.6. The number of carboxylic acids is 1. The number of ether oxygens (including phenoxy) is 2. The molecule has 5 aromatic rings. The Hall–Kier alpha value is -7.80. The van der Waals surface area contributed by atoms with Crippen molar-refractivity contribution in [1.29, 1.82) is 0 Å². The number of likely N-dealkylation sites (N-methyl/N-ethyl adjacent to an activating group) is 1. The molecule has 1 aromatic heterocycles. The number of cyclic esters (lactones) is 1. The predicted octanol–water partition coefficient (Wildman–Crippen LogP) is 8.85. The van der Waals surface area contributed by atoms with Crippen molar-refractivity contribution >= 4 is 88.5 Å². The molecule has 5 N–H and O–H groups in total. The molecule has 1 aliphatic carbocycles. The van der Waals surface area contributed by atoms with Gasteiger partial charge in [0, 0.05) is 87.1 Å². The topological polar surface area (TPSA) is 202 Å². The van der Waals surface area contributed by atoms with Crippen LogP contribution in [0, 0.1) is 12.8 Å². The first kappa shape index (κ1) is 64.2. The van der Waals surface area contributed by atoms with Gasteiger partial charge in [-0.05, 0) is 126 Å². The fraction of sp³-hybridized carbons (Fsp3) is 0.397. The Morgan fingerprint density at radius 1 is 0.907 bits per heavy atom. The lowest BCUT2D eigenvalue weighted by atomic mass is 9.87. The predicted molar refractivity (Wildman–Crippen MR) is 346 cm³/mol. The van der Waals surface area contributed by atoms with E-state index in [9.17, 15) is 33.9 Å². The van der Waals surface area contributed by atoms with Gasteiger partial charge in [0.1, 0.15) is 34.3 Å². The molecule has 0 bridgehead atoms. The maximum atomic E-state index is 15.0. The largest absolute Gasteiger partial charge is 0.478 e. The molecule has 2 aliphatic heterocycles. The number of para-hydroxylation sites is 1. The van der Waals surface area contributed by atoms with Crippen LogP contribution in [0.4, 0.5) is 5.69 Å². The lowest BCUT2D eigenvalue weighted by Crippen LogP contribution is -2.57. The molecule has 1 unspecified atom stereocenters. The summed E-state index contributed by atoms with van der Waals surface area (Å²) >= 11 is 1.73. The Morgan fingerprint density at radius 2 is 1.65 bits per heavy atom. The molecule has 3 heterocycles. The van der Waals surface area contributed by atoms with E-state index >= 15 is 0 Å². The van der Waals surface area contributed by atoms with E-state index in [0.717, 1.165) is 67.5 Å². The van der Waals surface area contributed by atoms with E-state index in [0.29, 0.717) is 36.1 Å². The highest BCUT2D eigenvalue weighted by Crippen LogP contribution is 2.44. The summed E-state index contributed by atoms with van der Waals surface area (Å²) in [5, 5.41) is 22.8. The van der Waals surface area contributed by atoms with Crippen molar-refractivity contribution in [1.82, 2.24) is 25.8 Å². The van der Waals surface area contributed by atoms with E-state index in [1.807, 2.05) is 122 Å². The summed E-state index contributed by atoms with van der Waals surface area (Å²) < 4.78 is 14.1. The third kappa shape index (κ3) is 15.6. The molecule has 454 valence electrons. The minimum atomic E-state index is -2.53. The Morgan fingerprint density at radius 3 is 2.40 bits per heavy atom. The van der Waals surface area contributed by atoms with Crippen molar-refractivity contribution in [2.45, 2.75) is 103 Å². The zero-order valence-corrected chi connectivity index (χ0v) is 53.2. The van der Waals surface area contributed by atoms with Crippen LogP contribution in [0.1, 0.15) is 97.1 Å². The number of carboxylic acid groups (broad SMARTS) is 1. The molecule has 4 amide bonds. The average Bonchev–Trinajstić information content (AvgIpc) is 2.20. The summed E-state index contributed by atoms with van der Waals surface area (Å²) in [7, 11) is 7.13. The molecule has 18 heteroatoms. The number of aromatic amines is 1. The van der Waals surface area contributed by atoms with Crippen LogP contribution in [0.15, 0.2) is 138 Å². The number of carbonyl (C=O) groups is 6. The first-order valence-electron chi connectivity index (χ1n) is 29.7. The van der Waals surface area contributed by atoms with Gasteiger partial charge in [-0.1, -0.05) is 97.4 Å². The van der Waals surface area contributed by atoms with Crippen LogP contribution in [0.25, 0.3) is 16.5 Å². The molecule has 3 aliphatic rings. The quantitative estimate of drug-likeness (QED) is 0.0196. The number of thioether (sulfide) groups is 1. The second kappa shape index (κ2) is 29.1. The number of carbonyl (C=O) groups excluding carboxylic acids is 5. The number of aromatic carboxylic acids is 1. The number of aromatic nitrogens is 1. The molecule has 16 nitrogen and oxygen atoms in total. The number of hydrogen-bond acceptors (Lipinski definition) is 10. The molecule has 4 aromatic carbocycles. The van der Waals surface area contributed by atoms with Crippen LogP contribution < -0.4 is 26.0 Å². The molecule has 8 rings (SSSR count). The highest BCUT2D eigenvalue weighted by molar-refractivity contribution is 7.99. The van der Waals surface area contributed by atoms with Crippen molar-refractivity contribution in [3.63, 3.8) is 0 Å². The number of allylic oxidation sites excluding steroid dienone is 7. The van der Waals surface area contributed by atoms with E-state index in [-0.39, 0.29) is 56.4 Å². The van der Waals surface area contributed by atoms with E-state index in [1.54, 1.807) is 37.9 Å². The Labute approximate surface area is 511 Å². The highest BCUT2D eigenvalue weighted by Gasteiger charge is 2.44. The van der Waals surface area contributed by atoms with Crippen LogP contribution in [0.2, 0.25) is 12.6 Å². The minimum absolute atomic E-state index is 0.0498. The van der Waals surface area contributed by atoms with Crippen molar-refractivity contribution in [3.05, 3.63) is 171 Å². The first-order valence-corrected chi connectivity index (χ1v) is 33.6. The van der Waals surface area contributed by atoms with Crippen LogP contribution >= 0.6 is 11.8 Å². The van der Waals surface area contributed by atoms with Crippen molar-refractivity contribution in [3.8, 4) is 0 Å². The molecule has 0 spiro atoms. The zero-order valence-electron chi connectivity index (χ0n) is 51.4. The maximum absolute atomic E-state index is 15.0. The van der Waals surface area contributed by atoms with Crippen LogP contribution in [0.3, 0.4) is 0 Å². The van der Waals surface area contributed by atoms with E-state index in [2.05, 4.69) is 73.4 Å². The fourth-order valence-electron chi connectivity index (χ4n) is 11.6. The monoisotopic (exact) mass is 1200 g/mol. The number of H-pyrrole nitrogens is 1. The van der Waals surface area contributed by atoms with Gasteiger partial charge in [0.2, 0.25) is 23.6 Å². The Kier molecular flexibility index (Phi) is 21.7. The molecular weight excluding hydrogens is 1120 g/mol. The Balaban J connectivity index is 0.947. The van der Waals surface area contributed by atoms with E-state index in [4.69, 9.17) is 9.47 Å². The van der Waals surface area contributed by atoms with E-state index < -0.39 is 62.0 Å². The summed E-state index contributed by atoms with van der Waals surface area (Å²) in [5.41, 5.74) is 10.5. The summed E-state index contributed by atoms with van der Waals surface area (Å²) in [6.07, 6.45) is 11.9. The number of fused-ring (bicyclic) bond motifs is 3. The zero-order chi connectivity index (χ0) is 61.8. The van der Waals surface area contributed by atoms with Gasteiger partial charge in [0.15, 0.2) is 5.71 Å². The van der Waals surface area contributed by atoms with Gasteiger partial charge >= 0.3 is 11.9 Å². The number of benzene rings is 4. The van der Waals surface area contributed by atoms with Gasteiger partial charge in [0.25, 0.3) is 0 Å². The van der Waals surface area contributed by atoms with Crippen molar-refractivity contribution in [2.75, 3.05) is 71.4 Å². The van der Waals surface area contributed by atoms with Gasteiger partial charge in [-0.25, -0.2) is 9.37 Å². The fourth-order valence-corrected chi connectivity index (χ4v) is 17.8. The number of amides is 4. The van der Waals surface area contributed by atoms with Crippen LogP contribution in [0.5, 0.6) is 0 Å². The van der Waals surface area contributed by atoms with Crippen LogP contribution in [-0.4, -0.2) is 154 Å². The van der Waals surface area contributed by atoms with Crippen molar-refractivity contribution < 1.29 is 47.9 Å². The molecule has 0 fully saturated rings. The summed E-state index contributed by atoms with van der Waals surface area (Å²) in [6, 6.07) is 26.9. The van der Waals surface area contributed by atoms with Crippen LogP contribution in [-0.2, 0) is 39.9 Å². The summed E-state index contributed by atoms with van der Waals surface area (Å²) in [6.45, 7) is 9.95. The lowest BCUT2D eigenvalue weighted by Gasteiger charge is -2.40. The average molecular weight is 1200 g/mol. The molecule has 6 atom stereocenters. The van der Waals surface area contributed by atoms with E-state index in [1.165, 1.54) is 15.3 Å². The minimum Gasteiger partial charge on any atom is -0.478 e. The number of hydrogen-bond donors (Lipinski definition) is 5. The van der Waals surface area contributed by atoms with Gasteiger partial charge in [0.05, 0.1) is 37.3 Å². The van der Waals surface area contributed by atoms with Gasteiger partial charge in [-0.2, -0.15) is 11.8 Å². The number of nitrogens with one attached hydrogen (secondary N) is 4. The number of nitrogens with zero attached hydrogens (tertiary/aromatic N) is 3. The van der Waals surface area contributed by atoms with Gasteiger partial charge in [-0.3, -0.25) is 24.0 Å². The summed E-state index contributed by atoms with van der Waals surface area (Å²) in [4.78, 5) is 90.4. The SMILES string of the molecule is C/C1=C\CC[C@H](C)OC(=O)C[C@H](c2ccc(C)cc2)NC(=O)[C@@H](Cc2c[nH]c3ccccc23)N(C)C(=O)[C@H](COCCNC(=O)CCSCC[Si]2(C)C3=CC(=[N+](C)C)C=CC3=C(c3ccccc3C(=O)O)c3ccc(N(C)C)cc32)NC(=O)[C@@H](C)C1. The molecule has 86 heavy (non-hydrogen) atoms. The third-order valence-electron chi connectivity index (χ3n) is 16.7. The van der Waals surface area contributed by atoms with Gasteiger partial charge in [-0.15, -0.1) is 0 Å². The smallest absolute Gasteiger partial charge is 0.336 e. The normalized spacial score (nSPS) is 22.2. The molecular formula is C68H84N7O9SSi+. The first-order chi connectivity index (χ1) is 41.1. The molecule has 0 radical (unpaired) electrons. The second-order valence-corrected chi connectivity index (χ2v) is 29.1. The summed E-state index contributed by atoms with van der Waals surface area (Å²) in [5.74, 6) is -2.13. The third-order valence-corrected chi connectivity index (χ3v) is 22.5.